The molecule has 4 aromatic carbocycles. The molecule has 0 spiro atoms. The third kappa shape index (κ3) is 11.3. The number of hydrogen-bond acceptors (Lipinski definition) is 4. The summed E-state index contributed by atoms with van der Waals surface area (Å²) in [6, 6.07) is 17.3. The first-order valence-electron chi connectivity index (χ1n) is 10.7. The average molecular weight is 1720 g/mol. The summed E-state index contributed by atoms with van der Waals surface area (Å²) in [7, 11) is 7.38. The molecule has 212 valence electrons. The van der Waals surface area contributed by atoms with Crippen LogP contribution in [0.15, 0.2) is 68.1 Å². The summed E-state index contributed by atoms with van der Waals surface area (Å²) in [5.41, 5.74) is 2.62. The Balaban J connectivity index is 0.000000238. The fourth-order valence-corrected chi connectivity index (χ4v) is 20.3. The summed E-state index contributed by atoms with van der Waals surface area (Å²) in [5, 5.41) is 0. The minimum Gasteiger partial charge on any atom is -0.0582 e. The van der Waals surface area contributed by atoms with E-state index in [0.717, 1.165) is 0 Å². The lowest BCUT2D eigenvalue weighted by molar-refractivity contribution is 1.27. The Morgan fingerprint density at radius 3 is 0.800 bits per heavy atom. The fourth-order valence-electron chi connectivity index (χ4n) is 2.68. The molecule has 0 N–H and O–H groups in total. The van der Waals surface area contributed by atoms with E-state index < -0.39 is 0 Å². The Labute approximate surface area is 388 Å². The van der Waals surface area contributed by atoms with Crippen molar-refractivity contribution in [2.45, 2.75) is 33.4 Å². The smallest absolute Gasteiger partial charge is 0.0475 e. The zero-order valence-electron chi connectivity index (χ0n) is 20.0. The maximum atomic E-state index is 2.49. The first kappa shape index (κ1) is 40.0. The van der Waals surface area contributed by atoms with E-state index in [0.29, 0.717) is 0 Å². The molecule has 40 heavy (non-hydrogen) atoms. The first-order chi connectivity index (χ1) is 18.8. The molecule has 0 amide bonds. The van der Waals surface area contributed by atoms with Crippen LogP contribution < -0.4 is 0 Å². The molecule has 0 bridgehead atoms. The molecule has 4 aromatic rings. The molecule has 0 heterocycles. The third-order valence-electron chi connectivity index (χ3n) is 4.82. The van der Waals surface area contributed by atoms with Crippen molar-refractivity contribution >= 4 is 269 Å². The lowest BCUT2D eigenvalue weighted by Gasteiger charge is -2.15. The second kappa shape index (κ2) is 19.7. The maximum absolute atomic E-state index is 2.49. The Bertz CT molecular complexity index is 1340. The Kier molecular flexibility index (Phi) is 19.7. The van der Waals surface area contributed by atoms with Crippen LogP contribution in [0.1, 0.15) is 11.1 Å². The molecular formula is C26H14I10S4. The van der Waals surface area contributed by atoms with Gasteiger partial charge in [0.2, 0.25) is 0 Å². The Hall–Kier alpha value is 5.58. The summed E-state index contributed by atoms with van der Waals surface area (Å²) >= 11 is 24.7. The molecule has 0 atom stereocenters. The van der Waals surface area contributed by atoms with Gasteiger partial charge in [-0.3, -0.25) is 0 Å². The number of aryl methyl sites for hydroxylation is 2. The zero-order chi connectivity index (χ0) is 29.7. The molecule has 0 aliphatic carbocycles. The van der Waals surface area contributed by atoms with Crippen LogP contribution in [0.2, 0.25) is 0 Å². The standard InChI is InChI=1S/C14H14S2.C12I10S2/c1-11-3-7-13(8-4-11)15-16-14-9-5-12(2)6-10-14;13-1-3(15)7(19)11(8(20)4(1)16)23-24-12-9(21)5(17)2(14)6(18)10(12)22/h3-10H,1-2H3;. The second-order valence-electron chi connectivity index (χ2n) is 7.76. The van der Waals surface area contributed by atoms with Gasteiger partial charge in [0.1, 0.15) is 0 Å². The van der Waals surface area contributed by atoms with Crippen molar-refractivity contribution < 1.29 is 0 Å². The van der Waals surface area contributed by atoms with Crippen LogP contribution in [-0.2, 0) is 0 Å². The second-order valence-corrected chi connectivity index (χ2v) is 23.0. The highest BCUT2D eigenvalue weighted by molar-refractivity contribution is 14.1. The molecule has 0 unspecified atom stereocenters. The van der Waals surface area contributed by atoms with Crippen molar-refractivity contribution in [1.29, 1.82) is 0 Å². The van der Waals surface area contributed by atoms with E-state index in [4.69, 9.17) is 0 Å². The predicted molar refractivity (Wildman–Crippen MR) is 266 cm³/mol. The van der Waals surface area contributed by atoms with Gasteiger partial charge in [-0.15, -0.1) is 0 Å². The predicted octanol–water partition coefficient (Wildman–Crippen LogP) is 15.6. The highest BCUT2D eigenvalue weighted by Gasteiger charge is 2.22. The van der Waals surface area contributed by atoms with Crippen LogP contribution in [0.4, 0.5) is 0 Å². The molecule has 4 rings (SSSR count). The van der Waals surface area contributed by atoms with Gasteiger partial charge >= 0.3 is 0 Å². The van der Waals surface area contributed by atoms with Crippen molar-refractivity contribution in [3.8, 4) is 0 Å². The molecule has 0 aliphatic rings. The minimum absolute atomic E-state index is 1.30. The number of halogens is 10. The van der Waals surface area contributed by atoms with Gasteiger partial charge in [0.25, 0.3) is 0 Å². The lowest BCUT2D eigenvalue weighted by atomic mass is 10.2. The van der Waals surface area contributed by atoms with E-state index in [1.54, 1.807) is 21.6 Å². The summed E-state index contributed by atoms with van der Waals surface area (Å²) in [5.74, 6) is 0. The van der Waals surface area contributed by atoms with E-state index in [9.17, 15) is 0 Å². The van der Waals surface area contributed by atoms with E-state index in [1.165, 1.54) is 66.4 Å². The van der Waals surface area contributed by atoms with E-state index in [2.05, 4.69) is 288 Å². The number of rotatable bonds is 6. The molecule has 0 saturated heterocycles. The topological polar surface area (TPSA) is 0 Å². The monoisotopic (exact) mass is 1720 g/mol. The van der Waals surface area contributed by atoms with Crippen LogP contribution >= 0.6 is 269 Å². The lowest BCUT2D eigenvalue weighted by Crippen LogP contribution is -1.99. The van der Waals surface area contributed by atoms with Crippen molar-refractivity contribution in [2.75, 3.05) is 0 Å². The molecule has 0 fully saturated rings. The number of benzene rings is 4. The van der Waals surface area contributed by atoms with Gasteiger partial charge < -0.3 is 0 Å². The van der Waals surface area contributed by atoms with Crippen LogP contribution in [0, 0.1) is 49.5 Å². The van der Waals surface area contributed by atoms with E-state index in [-0.39, 0.29) is 0 Å². The van der Waals surface area contributed by atoms with Crippen molar-refractivity contribution in [3.63, 3.8) is 0 Å². The van der Waals surface area contributed by atoms with Gasteiger partial charge in [0.15, 0.2) is 0 Å². The van der Waals surface area contributed by atoms with Crippen LogP contribution in [-0.4, -0.2) is 0 Å². The third-order valence-corrected chi connectivity index (χ3v) is 30.2. The molecule has 14 heteroatoms. The van der Waals surface area contributed by atoms with Crippen molar-refractivity contribution in [1.82, 2.24) is 0 Å². The molecule has 0 nitrogen and oxygen atoms in total. The van der Waals surface area contributed by atoms with Gasteiger partial charge in [-0.2, -0.15) is 0 Å². The minimum atomic E-state index is 1.30. The van der Waals surface area contributed by atoms with E-state index >= 15 is 0 Å². The molecular weight excluding hydrogens is 1710 g/mol. The van der Waals surface area contributed by atoms with Gasteiger partial charge in [-0.1, -0.05) is 78.6 Å². The van der Waals surface area contributed by atoms with Gasteiger partial charge in [-0.05, 0) is 264 Å². The average Bonchev–Trinajstić information content (AvgIpc) is 2.95. The summed E-state index contributed by atoms with van der Waals surface area (Å²) in [6.07, 6.45) is 0. The largest absolute Gasteiger partial charge is 0.0582 e. The molecule has 0 aliphatic heterocycles. The summed E-state index contributed by atoms with van der Waals surface area (Å²) in [6.45, 7) is 4.23. The molecule has 0 radical (unpaired) electrons. The highest BCUT2D eigenvalue weighted by Crippen LogP contribution is 2.49. The summed E-state index contributed by atoms with van der Waals surface area (Å²) in [4.78, 5) is 5.36. The maximum Gasteiger partial charge on any atom is 0.0475 e. The molecule has 0 aromatic heterocycles. The Morgan fingerprint density at radius 1 is 0.325 bits per heavy atom. The van der Waals surface area contributed by atoms with Gasteiger partial charge in [0.05, 0.1) is 0 Å². The fraction of sp³-hybridized carbons (Fsp3) is 0.0769. The number of hydrogen-bond donors (Lipinski definition) is 0. The van der Waals surface area contributed by atoms with Crippen molar-refractivity contribution in [3.05, 3.63) is 95.4 Å². The SMILES string of the molecule is Cc1ccc(SSc2ccc(C)cc2)cc1.Ic1c(I)c(I)c(SSc2c(I)c(I)c(I)c(I)c2I)c(I)c1I. The highest BCUT2D eigenvalue weighted by atomic mass is 127. The van der Waals surface area contributed by atoms with E-state index in [1.807, 2.05) is 21.6 Å². The van der Waals surface area contributed by atoms with Crippen molar-refractivity contribution in [2.24, 2.45) is 0 Å². The zero-order valence-corrected chi connectivity index (χ0v) is 44.9. The molecule has 0 saturated carbocycles. The van der Waals surface area contributed by atoms with Gasteiger partial charge in [0, 0.05) is 55.3 Å². The van der Waals surface area contributed by atoms with Crippen LogP contribution in [0.5, 0.6) is 0 Å². The van der Waals surface area contributed by atoms with Gasteiger partial charge in [-0.25, -0.2) is 0 Å². The van der Waals surface area contributed by atoms with Crippen LogP contribution in [0.3, 0.4) is 0 Å². The normalized spacial score (nSPS) is 10.9. The first-order valence-corrected chi connectivity index (χ1v) is 25.8. The summed E-state index contributed by atoms with van der Waals surface area (Å²) < 4.78 is 13.6. The quantitative estimate of drug-likeness (QED) is 0.0816. The Morgan fingerprint density at radius 2 is 0.550 bits per heavy atom. The van der Waals surface area contributed by atoms with Crippen LogP contribution in [0.25, 0.3) is 0 Å².